The Morgan fingerprint density at radius 1 is 0.489 bits per heavy atom. The van der Waals surface area contributed by atoms with Crippen LogP contribution in [-0.2, 0) is 62.2 Å². The molecule has 11 amide bonds. The van der Waals surface area contributed by atoms with Crippen molar-refractivity contribution in [1.82, 2.24) is 55.6 Å². The third kappa shape index (κ3) is 24.9. The van der Waals surface area contributed by atoms with Crippen LogP contribution in [0.25, 0.3) is 0 Å². The van der Waals surface area contributed by atoms with E-state index in [1.54, 1.807) is 60.6 Å². The van der Waals surface area contributed by atoms with Gasteiger partial charge in [0, 0.05) is 49.3 Å². The second-order valence-corrected chi connectivity index (χ2v) is 27.3. The van der Waals surface area contributed by atoms with Gasteiger partial charge in [0.15, 0.2) is 0 Å². The first-order valence-electron chi connectivity index (χ1n) is 32.9. The zero-order chi connectivity index (χ0) is 70.9. The Kier molecular flexibility index (Phi) is 36.5. The number of hydrogen-bond acceptors (Lipinski definition) is 15. The van der Waals surface area contributed by atoms with Gasteiger partial charge in [0.2, 0.25) is 65.0 Å². The first kappa shape index (κ1) is 83.8. The van der Waals surface area contributed by atoms with E-state index in [9.17, 15) is 48.6 Å². The smallest absolute Gasteiger partial charge is 0.247 e. The molecule has 1 fully saturated rings. The second kappa shape index (κ2) is 40.1. The maximum absolute atomic E-state index is 15.3. The summed E-state index contributed by atoms with van der Waals surface area (Å²) in [6.07, 6.45) is 2.79. The highest BCUT2D eigenvalue weighted by Gasteiger charge is 2.46. The average molecular weight is 1310 g/mol. The van der Waals surface area contributed by atoms with Crippen LogP contribution in [0.5, 0.6) is 0 Å². The topological polar surface area (TPSA) is 317 Å². The van der Waals surface area contributed by atoms with Crippen molar-refractivity contribution in [3.05, 3.63) is 12.2 Å². The van der Waals surface area contributed by atoms with Gasteiger partial charge in [0.1, 0.15) is 60.4 Å². The maximum Gasteiger partial charge on any atom is 0.247 e. The molecule has 12 atom stereocenters. The van der Waals surface area contributed by atoms with E-state index < -0.39 is 162 Å². The number of allylic oxidation sites excluding steroid dienone is 2. The van der Waals surface area contributed by atoms with Crippen LogP contribution < -0.4 is 21.3 Å². The molecule has 528 valence electrons. The summed E-state index contributed by atoms with van der Waals surface area (Å²) in [5, 5.41) is 32.4. The lowest BCUT2D eigenvalue weighted by molar-refractivity contribution is -0.157. The number of amides is 11. The minimum atomic E-state index is -1.64. The van der Waals surface area contributed by atoms with Gasteiger partial charge in [-0.25, -0.2) is 0 Å². The van der Waals surface area contributed by atoms with Gasteiger partial charge < -0.3 is 75.3 Å². The van der Waals surface area contributed by atoms with Gasteiger partial charge in [-0.3, -0.25) is 52.7 Å². The zero-order valence-electron chi connectivity index (χ0n) is 59.9. The summed E-state index contributed by atoms with van der Waals surface area (Å²) < 4.78 is 11.2. The average Bonchev–Trinajstić information content (AvgIpc) is 0.826. The van der Waals surface area contributed by atoms with Crippen LogP contribution in [0.3, 0.4) is 0 Å². The molecule has 1 saturated heterocycles. The third-order valence-electron chi connectivity index (χ3n) is 16.9. The van der Waals surface area contributed by atoms with Gasteiger partial charge in [-0.2, -0.15) is 0 Å². The molecule has 0 unspecified atom stereocenters. The number of nitrogens with one attached hydrogen (secondary N) is 4. The Bertz CT molecular complexity index is 2460. The van der Waals surface area contributed by atoms with Gasteiger partial charge in [-0.05, 0) is 93.8 Å². The van der Waals surface area contributed by atoms with Gasteiger partial charge in [0.05, 0.1) is 45.7 Å². The maximum atomic E-state index is 15.3. The molecule has 0 aliphatic carbocycles. The molecular formula is C66H119N11O15. The van der Waals surface area contributed by atoms with E-state index in [2.05, 4.69) is 21.3 Å². The van der Waals surface area contributed by atoms with Crippen molar-refractivity contribution in [1.29, 1.82) is 0 Å². The number of nitrogens with zero attached hydrogens (tertiary/aromatic N) is 7. The van der Waals surface area contributed by atoms with E-state index in [0.29, 0.717) is 6.42 Å². The number of carbonyl (C=O) groups excluding carboxylic acids is 11. The van der Waals surface area contributed by atoms with Crippen LogP contribution in [0.4, 0.5) is 0 Å². The fourth-order valence-corrected chi connectivity index (χ4v) is 11.2. The number of likely N-dealkylation sites (N-methyl/N-ethyl adjacent to an activating group) is 7. The summed E-state index contributed by atoms with van der Waals surface area (Å²) in [6, 6.07) is -13.1. The lowest BCUT2D eigenvalue weighted by atomic mass is 9.91. The van der Waals surface area contributed by atoms with Gasteiger partial charge in [0.25, 0.3) is 0 Å². The standard InChI is InChI=1S/C66H119N11O15/c1-24-26-27-44(15)56(80)55-60(84)68-46(25-2)61(85)71(17)36-52(79)72(18)48(32-38(3)4)59(83)70-53(42(11)12)65(89)73(19)49(33-39(5)6)58(82)67-45(16)57(81)69-47(37-92-31-30-91-29-28-78)62(86)74(20)50(34-40(7)8)63(87)75(21)51(35-41(9)10)64(88)76(22)54(43(13)14)66(90)77(55)23/h24,26,38-51,53-56,78,80H,25,27-37H2,1-23H3,(H,67,82)(H,68,84)(H,69,81)(H,70,83)/b26-24+/t44-,45+,46+,47-,48+,49+,50+,51+,53+,54+,55+,56-/m1/s1. The van der Waals surface area contributed by atoms with Crippen LogP contribution >= 0.6 is 0 Å². The van der Waals surface area contributed by atoms with Crippen LogP contribution in [0.1, 0.15) is 149 Å². The summed E-state index contributed by atoms with van der Waals surface area (Å²) in [6.45, 7) is 26.9. The third-order valence-corrected chi connectivity index (χ3v) is 16.9. The van der Waals surface area contributed by atoms with E-state index in [4.69, 9.17) is 9.47 Å². The van der Waals surface area contributed by atoms with E-state index in [1.165, 1.54) is 80.8 Å². The Hall–Kier alpha value is -6.25. The SMILES string of the molecule is C/C=C/C[C@@H](C)[C@@H](O)[C@H]1C(=O)N[C@@H](CC)C(=O)N(C)CC(=O)N(C)[C@@H](CC(C)C)C(=O)N[C@@H](C(C)C)C(=O)N(C)[C@@H](CC(C)C)C(=O)N[C@@H](C)C(=O)N[C@H](COCCOCCO)C(=O)N(C)[C@@H](CC(C)C)C(=O)N(C)[C@@H](CC(C)C)C(=O)N(C)[C@@H](C(C)C)C(=O)N1C. The molecule has 26 heteroatoms. The second-order valence-electron chi connectivity index (χ2n) is 27.3. The van der Waals surface area contributed by atoms with Crippen molar-refractivity contribution in [2.45, 2.75) is 216 Å². The molecular weight excluding hydrogens is 1190 g/mol. The predicted molar refractivity (Wildman–Crippen MR) is 351 cm³/mol. The molecule has 0 aromatic heterocycles. The first-order chi connectivity index (χ1) is 42.7. The summed E-state index contributed by atoms with van der Waals surface area (Å²) in [4.78, 5) is 171. The van der Waals surface area contributed by atoms with Crippen molar-refractivity contribution in [2.75, 3.05) is 88.9 Å². The Balaban J connectivity index is 4.46. The van der Waals surface area contributed by atoms with Crippen LogP contribution in [0.2, 0.25) is 0 Å². The van der Waals surface area contributed by atoms with Gasteiger partial charge >= 0.3 is 0 Å². The molecule has 0 aromatic rings. The lowest BCUT2D eigenvalue weighted by Crippen LogP contribution is -2.63. The van der Waals surface area contributed by atoms with Crippen molar-refractivity contribution in [3.63, 3.8) is 0 Å². The normalized spacial score (nSPS) is 25.8. The number of carbonyl (C=O) groups is 11. The van der Waals surface area contributed by atoms with E-state index in [1.807, 2.05) is 55.4 Å². The van der Waals surface area contributed by atoms with Gasteiger partial charge in [-0.1, -0.05) is 109 Å². The predicted octanol–water partition coefficient (Wildman–Crippen LogP) is 2.27. The largest absolute Gasteiger partial charge is 0.394 e. The molecule has 26 nitrogen and oxygen atoms in total. The molecule has 1 aliphatic rings. The minimum Gasteiger partial charge on any atom is -0.394 e. The first-order valence-corrected chi connectivity index (χ1v) is 32.9. The number of rotatable bonds is 22. The summed E-state index contributed by atoms with van der Waals surface area (Å²) in [5.41, 5.74) is 0. The molecule has 6 N–H and O–H groups in total. The molecule has 92 heavy (non-hydrogen) atoms. The van der Waals surface area contributed by atoms with Crippen LogP contribution in [0.15, 0.2) is 12.2 Å². The Morgan fingerprint density at radius 2 is 0.935 bits per heavy atom. The van der Waals surface area contributed by atoms with Crippen molar-refractivity contribution >= 4 is 65.0 Å². The van der Waals surface area contributed by atoms with Crippen molar-refractivity contribution in [2.24, 2.45) is 41.4 Å². The van der Waals surface area contributed by atoms with Crippen molar-refractivity contribution in [3.8, 4) is 0 Å². The fraction of sp³-hybridized carbons (Fsp3) is 0.803. The lowest BCUT2D eigenvalue weighted by Gasteiger charge is -2.41. The van der Waals surface area contributed by atoms with Gasteiger partial charge in [-0.15, -0.1) is 0 Å². The summed E-state index contributed by atoms with van der Waals surface area (Å²) in [5.74, 6) is -10.5. The van der Waals surface area contributed by atoms with Crippen molar-refractivity contribution < 1.29 is 72.4 Å². The quantitative estimate of drug-likeness (QED) is 0.0669. The van der Waals surface area contributed by atoms with E-state index >= 15 is 14.4 Å². The Labute approximate surface area is 549 Å². The molecule has 0 radical (unpaired) electrons. The molecule has 1 heterocycles. The zero-order valence-corrected chi connectivity index (χ0v) is 59.9. The van der Waals surface area contributed by atoms with E-state index in [-0.39, 0.29) is 82.2 Å². The summed E-state index contributed by atoms with van der Waals surface area (Å²) in [7, 11) is 9.79. The molecule has 1 aliphatic heterocycles. The number of aliphatic hydroxyl groups excluding tert-OH is 2. The summed E-state index contributed by atoms with van der Waals surface area (Å²) >= 11 is 0. The molecule has 0 saturated carbocycles. The molecule has 0 spiro atoms. The Morgan fingerprint density at radius 3 is 1.41 bits per heavy atom. The van der Waals surface area contributed by atoms with Crippen LogP contribution in [-0.4, -0.2) is 265 Å². The monoisotopic (exact) mass is 1310 g/mol. The minimum absolute atomic E-state index is 0.00754. The number of hydrogen-bond donors (Lipinski definition) is 6. The molecule has 0 bridgehead atoms. The van der Waals surface area contributed by atoms with Crippen LogP contribution in [0, 0.1) is 41.4 Å². The number of aliphatic hydroxyl groups is 2. The highest BCUT2D eigenvalue weighted by atomic mass is 16.5. The fourth-order valence-electron chi connectivity index (χ4n) is 11.2. The molecule has 0 aromatic carbocycles. The number of ether oxygens (including phenoxy) is 2. The highest BCUT2D eigenvalue weighted by Crippen LogP contribution is 2.26. The van der Waals surface area contributed by atoms with E-state index in [0.717, 1.165) is 9.80 Å². The highest BCUT2D eigenvalue weighted by molar-refractivity contribution is 5.99. The molecule has 1 rings (SSSR count).